The molecule has 0 saturated carbocycles. The van der Waals surface area contributed by atoms with Gasteiger partial charge in [-0.05, 0) is 45.7 Å². The Morgan fingerprint density at radius 3 is 2.46 bits per heavy atom. The highest BCUT2D eigenvalue weighted by molar-refractivity contribution is 5.92. The number of halogens is 1. The van der Waals surface area contributed by atoms with E-state index in [4.69, 9.17) is 0 Å². The molecule has 0 radical (unpaired) electrons. The molecule has 0 spiro atoms. The molecular formula is C27H23FN6O3. The van der Waals surface area contributed by atoms with Crippen molar-refractivity contribution in [3.8, 4) is 28.2 Å². The zero-order chi connectivity index (χ0) is 25.9. The molecular weight excluding hydrogens is 475 g/mol. The number of aromatic amines is 1. The van der Waals surface area contributed by atoms with Crippen molar-refractivity contribution in [2.45, 2.75) is 26.3 Å². The first kappa shape index (κ1) is 23.9. The number of benzene rings is 3. The number of aromatic carboxylic acids is 1. The normalized spacial score (nSPS) is 11.1. The Kier molecular flexibility index (Phi) is 6.46. The highest BCUT2D eigenvalue weighted by Crippen LogP contribution is 2.30. The molecule has 0 amide bonds. The van der Waals surface area contributed by atoms with E-state index < -0.39 is 17.5 Å². The summed E-state index contributed by atoms with van der Waals surface area (Å²) in [6, 6.07) is 19.3. The molecule has 0 bridgehead atoms. The summed E-state index contributed by atoms with van der Waals surface area (Å²) in [5, 5.41) is 23.7. The van der Waals surface area contributed by atoms with E-state index in [9.17, 15) is 19.1 Å². The van der Waals surface area contributed by atoms with E-state index in [1.807, 2.05) is 55.5 Å². The number of hydrogen-bond acceptors (Lipinski definition) is 5. The number of H-pyrrole nitrogens is 1. The minimum atomic E-state index is -1.30. The van der Waals surface area contributed by atoms with Crippen LogP contribution in [-0.2, 0) is 13.0 Å². The van der Waals surface area contributed by atoms with E-state index in [1.54, 1.807) is 4.57 Å². The Morgan fingerprint density at radius 2 is 1.78 bits per heavy atom. The molecule has 2 heterocycles. The molecule has 0 saturated heterocycles. The molecule has 10 heteroatoms. The number of carbonyl (C=O) groups is 1. The Balaban J connectivity index is 1.51. The number of nitrogens with one attached hydrogen (secondary N) is 1. The van der Waals surface area contributed by atoms with Crippen LogP contribution in [0.3, 0.4) is 0 Å². The summed E-state index contributed by atoms with van der Waals surface area (Å²) in [4.78, 5) is 25.1. The summed E-state index contributed by atoms with van der Waals surface area (Å²) in [5.41, 5.74) is 3.29. The van der Waals surface area contributed by atoms with Crippen LogP contribution in [0.4, 0.5) is 4.39 Å². The summed E-state index contributed by atoms with van der Waals surface area (Å²) >= 11 is 0. The molecule has 3 aromatic carbocycles. The molecule has 9 nitrogen and oxygen atoms in total. The number of tetrazole rings is 1. The summed E-state index contributed by atoms with van der Waals surface area (Å²) in [6.07, 6.45) is 2.88. The Labute approximate surface area is 210 Å². The van der Waals surface area contributed by atoms with Crippen molar-refractivity contribution >= 4 is 5.97 Å². The number of carboxylic acid groups (broad SMARTS) is 1. The lowest BCUT2D eigenvalue weighted by atomic mass is 9.98. The van der Waals surface area contributed by atoms with Crippen molar-refractivity contribution in [3.63, 3.8) is 0 Å². The molecule has 2 aromatic heterocycles. The number of imidazole rings is 1. The van der Waals surface area contributed by atoms with Crippen LogP contribution in [0.2, 0.25) is 0 Å². The van der Waals surface area contributed by atoms with E-state index in [0.717, 1.165) is 39.3 Å². The lowest BCUT2D eigenvalue weighted by Crippen LogP contribution is -2.26. The summed E-state index contributed by atoms with van der Waals surface area (Å²) in [6.45, 7) is 2.24. The zero-order valence-electron chi connectivity index (χ0n) is 19.9. The number of aromatic nitrogens is 6. The summed E-state index contributed by atoms with van der Waals surface area (Å²) < 4.78 is 17.4. The molecule has 0 aliphatic heterocycles. The fourth-order valence-corrected chi connectivity index (χ4v) is 4.43. The lowest BCUT2D eigenvalue weighted by Gasteiger charge is -2.10. The predicted octanol–water partition coefficient (Wildman–Crippen LogP) is 4.32. The quantitative estimate of drug-likeness (QED) is 0.329. The summed E-state index contributed by atoms with van der Waals surface area (Å²) in [7, 11) is 0. The molecule has 2 N–H and O–H groups in total. The van der Waals surface area contributed by atoms with Gasteiger partial charge < -0.3 is 5.11 Å². The largest absolute Gasteiger partial charge is 0.478 e. The van der Waals surface area contributed by atoms with Crippen molar-refractivity contribution < 1.29 is 14.3 Å². The van der Waals surface area contributed by atoms with Gasteiger partial charge in [-0.3, -0.25) is 9.13 Å². The third kappa shape index (κ3) is 4.56. The van der Waals surface area contributed by atoms with Crippen molar-refractivity contribution in [1.82, 2.24) is 29.8 Å². The molecule has 37 heavy (non-hydrogen) atoms. The Hall–Kier alpha value is -4.86. The van der Waals surface area contributed by atoms with Crippen LogP contribution in [0.15, 0.2) is 77.7 Å². The van der Waals surface area contributed by atoms with Gasteiger partial charge in [0.2, 0.25) is 0 Å². The molecule has 0 aliphatic rings. The molecule has 0 unspecified atom stereocenters. The molecule has 5 rings (SSSR count). The van der Waals surface area contributed by atoms with Gasteiger partial charge in [0.1, 0.15) is 11.5 Å². The van der Waals surface area contributed by atoms with Crippen molar-refractivity contribution in [2.24, 2.45) is 0 Å². The smallest absolute Gasteiger partial charge is 0.337 e. The van der Waals surface area contributed by atoms with Gasteiger partial charge >= 0.3 is 11.7 Å². The van der Waals surface area contributed by atoms with Crippen LogP contribution >= 0.6 is 0 Å². The van der Waals surface area contributed by atoms with Crippen LogP contribution in [-0.4, -0.2) is 40.8 Å². The average Bonchev–Trinajstić information content (AvgIpc) is 3.54. The fourth-order valence-electron chi connectivity index (χ4n) is 4.43. The van der Waals surface area contributed by atoms with E-state index in [-0.39, 0.29) is 17.8 Å². The number of rotatable bonds is 8. The standard InChI is InChI=1S/C27H23FN6O3/c1-2-6-19-16-34(24-22(26(35)36)9-5-10-23(24)28)27(37)33(19)15-17-11-13-18(14-12-17)20-7-3-4-8-21(20)25-29-31-32-30-25/h3-5,7-14,16H,2,6,15H2,1H3,(H,35,36)(H,29,30,31,32). The number of hydrogen-bond donors (Lipinski definition) is 2. The maximum atomic E-state index is 14.7. The van der Waals surface area contributed by atoms with Gasteiger partial charge in [-0.25, -0.2) is 19.1 Å². The van der Waals surface area contributed by atoms with Gasteiger partial charge in [0.05, 0.1) is 12.1 Å². The summed E-state index contributed by atoms with van der Waals surface area (Å²) in [5.74, 6) is -1.51. The second-order valence-corrected chi connectivity index (χ2v) is 8.54. The van der Waals surface area contributed by atoms with Gasteiger partial charge in [-0.15, -0.1) is 5.10 Å². The van der Waals surface area contributed by atoms with Gasteiger partial charge in [-0.1, -0.05) is 67.9 Å². The molecule has 5 aromatic rings. The average molecular weight is 499 g/mol. The van der Waals surface area contributed by atoms with E-state index >= 15 is 0 Å². The van der Waals surface area contributed by atoms with E-state index in [0.29, 0.717) is 17.9 Å². The lowest BCUT2D eigenvalue weighted by molar-refractivity contribution is 0.0696. The number of para-hydroxylation sites is 1. The molecule has 0 atom stereocenters. The van der Waals surface area contributed by atoms with Gasteiger partial charge in [0.25, 0.3) is 0 Å². The number of carboxylic acids is 1. The predicted molar refractivity (Wildman–Crippen MR) is 135 cm³/mol. The minimum Gasteiger partial charge on any atom is -0.478 e. The first-order valence-corrected chi connectivity index (χ1v) is 11.7. The van der Waals surface area contributed by atoms with Gasteiger partial charge in [-0.2, -0.15) is 0 Å². The van der Waals surface area contributed by atoms with Crippen LogP contribution in [0.25, 0.3) is 28.2 Å². The van der Waals surface area contributed by atoms with E-state index in [2.05, 4.69) is 20.6 Å². The number of nitrogens with zero attached hydrogens (tertiary/aromatic N) is 5. The maximum absolute atomic E-state index is 14.7. The van der Waals surface area contributed by atoms with Crippen molar-refractivity contribution in [1.29, 1.82) is 0 Å². The van der Waals surface area contributed by atoms with Crippen LogP contribution in [0.1, 0.15) is 35.0 Å². The minimum absolute atomic E-state index is 0.256. The van der Waals surface area contributed by atoms with Gasteiger partial charge in [0, 0.05) is 17.5 Å². The first-order chi connectivity index (χ1) is 18.0. The highest BCUT2D eigenvalue weighted by atomic mass is 19.1. The second kappa shape index (κ2) is 10.0. The van der Waals surface area contributed by atoms with E-state index in [1.165, 1.54) is 18.3 Å². The Morgan fingerprint density at radius 1 is 1.03 bits per heavy atom. The van der Waals surface area contributed by atoms with Crippen LogP contribution < -0.4 is 5.69 Å². The van der Waals surface area contributed by atoms with Gasteiger partial charge in [0.15, 0.2) is 5.82 Å². The molecule has 0 aliphatic carbocycles. The monoisotopic (exact) mass is 498 g/mol. The van der Waals surface area contributed by atoms with Crippen molar-refractivity contribution in [3.05, 3.63) is 106 Å². The fraction of sp³-hybridized carbons (Fsp3) is 0.148. The third-order valence-corrected chi connectivity index (χ3v) is 6.16. The first-order valence-electron chi connectivity index (χ1n) is 11.7. The maximum Gasteiger partial charge on any atom is 0.337 e. The third-order valence-electron chi connectivity index (χ3n) is 6.16. The topological polar surface area (TPSA) is 119 Å². The zero-order valence-corrected chi connectivity index (χ0v) is 19.9. The molecule has 0 fully saturated rings. The molecule has 186 valence electrons. The Bertz CT molecular complexity index is 1620. The van der Waals surface area contributed by atoms with Crippen molar-refractivity contribution in [2.75, 3.05) is 0 Å². The highest BCUT2D eigenvalue weighted by Gasteiger charge is 2.21. The second-order valence-electron chi connectivity index (χ2n) is 8.54. The SMILES string of the molecule is CCCc1cn(-c2c(F)cccc2C(=O)O)c(=O)n1Cc1ccc(-c2ccccc2-c2nnn[nH]2)cc1. The number of aryl methyl sites for hydroxylation is 1. The van der Waals surface area contributed by atoms with Crippen LogP contribution in [0, 0.1) is 5.82 Å². The van der Waals surface area contributed by atoms with Crippen LogP contribution in [0.5, 0.6) is 0 Å².